The van der Waals surface area contributed by atoms with Gasteiger partial charge in [0.25, 0.3) is 11.6 Å². The molecular weight excluding hydrogens is 230 g/mol. The summed E-state index contributed by atoms with van der Waals surface area (Å²) in [6.07, 6.45) is 0. The fraction of sp³-hybridized carbons (Fsp3) is 0.273. The van der Waals surface area contributed by atoms with Gasteiger partial charge in [0.2, 0.25) is 0 Å². The Labute approximate surface area is 96.3 Å². The molecule has 1 heterocycles. The molecule has 0 saturated carbocycles. The average Bonchev–Trinajstić information content (AvgIpc) is 2.58. The molecule has 0 aliphatic heterocycles. The van der Waals surface area contributed by atoms with Crippen molar-refractivity contribution in [1.82, 2.24) is 0 Å². The molecule has 0 amide bonds. The minimum atomic E-state index is -3.19. The lowest BCUT2D eigenvalue weighted by Gasteiger charge is -2.13. The third-order valence-electron chi connectivity index (χ3n) is 1.88. The first-order chi connectivity index (χ1) is 7.40. The fourth-order valence-electron chi connectivity index (χ4n) is 1.25. The van der Waals surface area contributed by atoms with Gasteiger partial charge in [0.15, 0.2) is 0 Å². The molecule has 2 nitrogen and oxygen atoms in total. The largest absolute Gasteiger partial charge is 0.272 e. The highest BCUT2D eigenvalue weighted by atomic mass is 32.1. The molecule has 1 aromatic rings. The summed E-state index contributed by atoms with van der Waals surface area (Å²) in [7, 11) is 0. The van der Waals surface area contributed by atoms with Crippen LogP contribution in [0.15, 0.2) is 17.8 Å². The van der Waals surface area contributed by atoms with Crippen LogP contribution >= 0.6 is 11.3 Å². The monoisotopic (exact) mass is 238 g/mol. The number of hydrogen-bond acceptors (Lipinski definition) is 2. The van der Waals surface area contributed by atoms with Gasteiger partial charge in [0.05, 0.1) is 18.2 Å². The number of hydrogen-bond donors (Lipinski definition) is 0. The van der Waals surface area contributed by atoms with Crippen LogP contribution in [0, 0.1) is 24.8 Å². The van der Waals surface area contributed by atoms with Crippen LogP contribution in [-0.2, 0) is 0 Å². The molecule has 5 heteroatoms. The van der Waals surface area contributed by atoms with Gasteiger partial charge in [-0.1, -0.05) is 0 Å². The molecule has 1 aromatic heterocycles. The van der Waals surface area contributed by atoms with E-state index in [0.717, 1.165) is 16.2 Å². The molecule has 82 valence electrons. The number of nitriles is 1. The molecule has 0 spiro atoms. The van der Waals surface area contributed by atoms with Crippen LogP contribution in [-0.4, -0.2) is 5.92 Å². The smallest absolute Gasteiger partial charge is 0.226 e. The van der Waals surface area contributed by atoms with E-state index in [1.165, 1.54) is 12.1 Å². The van der Waals surface area contributed by atoms with Crippen molar-refractivity contribution >= 4 is 16.9 Å². The van der Waals surface area contributed by atoms with E-state index < -0.39 is 17.2 Å². The predicted octanol–water partition coefficient (Wildman–Crippen LogP) is 3.87. The Bertz CT molecular complexity index is 493. The number of nitrogens with zero attached hydrogens (tertiary/aromatic N) is 2. The Morgan fingerprint density at radius 1 is 1.56 bits per heavy atom. The summed E-state index contributed by atoms with van der Waals surface area (Å²) in [4.78, 5) is 3.99. The Hall–Kier alpha value is -1.72. The van der Waals surface area contributed by atoms with Crippen molar-refractivity contribution in [3.8, 4) is 6.07 Å². The lowest BCUT2D eigenvalue weighted by atomic mass is 10.1. The van der Waals surface area contributed by atoms with Crippen molar-refractivity contribution in [1.29, 1.82) is 5.26 Å². The maximum atomic E-state index is 13.4. The molecule has 0 fully saturated rings. The lowest BCUT2D eigenvalue weighted by molar-refractivity contribution is 0.0892. The number of halogens is 2. The lowest BCUT2D eigenvalue weighted by Crippen LogP contribution is -2.13. The van der Waals surface area contributed by atoms with Gasteiger partial charge in [0, 0.05) is 16.7 Å². The normalized spacial score (nSPS) is 12.6. The highest BCUT2D eigenvalue weighted by molar-refractivity contribution is 7.13. The van der Waals surface area contributed by atoms with E-state index in [1.807, 2.05) is 0 Å². The quantitative estimate of drug-likeness (QED) is 0.568. The number of aryl methyl sites for hydroxylation is 1. The summed E-state index contributed by atoms with van der Waals surface area (Å²) in [6, 6.07) is 4.71. The van der Waals surface area contributed by atoms with Gasteiger partial charge in [0.1, 0.15) is 0 Å². The summed E-state index contributed by atoms with van der Waals surface area (Å²) >= 11 is 1.15. The topological polar surface area (TPSA) is 28.1 Å². The average molecular weight is 238 g/mol. The molecule has 0 radical (unpaired) electrons. The first-order valence-electron chi connectivity index (χ1n) is 4.37. The Morgan fingerprint density at radius 2 is 2.19 bits per heavy atom. The Kier molecular flexibility index (Phi) is 3.41. The van der Waals surface area contributed by atoms with Crippen LogP contribution in [0.25, 0.3) is 10.4 Å². The van der Waals surface area contributed by atoms with Gasteiger partial charge >= 0.3 is 0 Å². The predicted molar refractivity (Wildman–Crippen MR) is 58.8 cm³/mol. The highest BCUT2D eigenvalue weighted by Gasteiger charge is 2.33. The zero-order chi connectivity index (χ0) is 12.3. The molecule has 0 bridgehead atoms. The molecule has 1 rings (SSSR count). The number of alkyl halides is 2. The molecule has 0 unspecified atom stereocenters. The van der Waals surface area contributed by atoms with Gasteiger partial charge in [-0.15, -0.1) is 11.3 Å². The van der Waals surface area contributed by atoms with Crippen molar-refractivity contribution in [3.63, 3.8) is 0 Å². The van der Waals surface area contributed by atoms with E-state index >= 15 is 0 Å². The van der Waals surface area contributed by atoms with E-state index in [9.17, 15) is 8.78 Å². The first-order valence-corrected chi connectivity index (χ1v) is 5.18. The van der Waals surface area contributed by atoms with E-state index in [1.54, 1.807) is 13.0 Å². The van der Waals surface area contributed by atoms with Gasteiger partial charge < -0.3 is 0 Å². The van der Waals surface area contributed by atoms with Crippen LogP contribution in [0.5, 0.6) is 0 Å². The van der Waals surface area contributed by atoms with E-state index in [-0.39, 0.29) is 4.88 Å². The number of rotatable bonds is 2. The summed E-state index contributed by atoms with van der Waals surface area (Å²) in [5.41, 5.74) is -1.03. The number of allylic oxidation sites excluding steroid dienone is 2. The maximum absolute atomic E-state index is 13.4. The van der Waals surface area contributed by atoms with E-state index in [4.69, 9.17) is 11.8 Å². The molecule has 0 aromatic carbocycles. The first kappa shape index (κ1) is 12.4. The minimum absolute atomic E-state index is 0.276. The zero-order valence-electron chi connectivity index (χ0n) is 8.71. The van der Waals surface area contributed by atoms with Crippen LogP contribution in [0.2, 0.25) is 0 Å². The maximum Gasteiger partial charge on any atom is 0.272 e. The summed E-state index contributed by atoms with van der Waals surface area (Å²) in [5.74, 6) is -3.19. The standard InChI is InChI=1S/C11H8F2N2S/c1-7-4-5-9(16-7)10(11(2,12)13)8(6-14)15-3/h4-5H,1-2H3/b10-8-. The molecule has 0 atom stereocenters. The van der Waals surface area contributed by atoms with Gasteiger partial charge in [-0.3, -0.25) is 0 Å². The second kappa shape index (κ2) is 4.42. The minimum Gasteiger partial charge on any atom is -0.226 e. The van der Waals surface area contributed by atoms with Gasteiger partial charge in [-0.25, -0.2) is 18.9 Å². The van der Waals surface area contributed by atoms with Crippen LogP contribution in [0.1, 0.15) is 16.7 Å². The van der Waals surface area contributed by atoms with Crippen molar-refractivity contribution < 1.29 is 8.78 Å². The third-order valence-corrected chi connectivity index (χ3v) is 2.90. The SMILES string of the molecule is [C-]#[N+]/C(C#N)=C(/c1ccc(C)s1)C(C)(F)F. The van der Waals surface area contributed by atoms with Crippen molar-refractivity contribution in [2.24, 2.45) is 0 Å². The van der Waals surface area contributed by atoms with Crippen LogP contribution < -0.4 is 0 Å². The molecule has 0 saturated heterocycles. The molecule has 0 aliphatic carbocycles. The second-order valence-electron chi connectivity index (χ2n) is 3.25. The van der Waals surface area contributed by atoms with Gasteiger partial charge in [-0.05, 0) is 19.1 Å². The second-order valence-corrected chi connectivity index (χ2v) is 4.53. The third kappa shape index (κ3) is 2.44. The molecule has 0 aliphatic rings. The Morgan fingerprint density at radius 3 is 2.50 bits per heavy atom. The van der Waals surface area contributed by atoms with Crippen molar-refractivity contribution in [2.75, 3.05) is 0 Å². The van der Waals surface area contributed by atoms with Crippen LogP contribution in [0.3, 0.4) is 0 Å². The van der Waals surface area contributed by atoms with Gasteiger partial charge in [-0.2, -0.15) is 0 Å². The molecule has 16 heavy (non-hydrogen) atoms. The summed E-state index contributed by atoms with van der Waals surface area (Å²) in [5, 5.41) is 8.68. The van der Waals surface area contributed by atoms with E-state index in [0.29, 0.717) is 6.92 Å². The van der Waals surface area contributed by atoms with Crippen molar-refractivity contribution in [2.45, 2.75) is 19.8 Å². The zero-order valence-corrected chi connectivity index (χ0v) is 9.53. The highest BCUT2D eigenvalue weighted by Crippen LogP contribution is 2.38. The molecular formula is C11H8F2N2S. The van der Waals surface area contributed by atoms with E-state index in [2.05, 4.69) is 4.85 Å². The number of thiophene rings is 1. The fourth-order valence-corrected chi connectivity index (χ4v) is 2.24. The summed E-state index contributed by atoms with van der Waals surface area (Å²) < 4.78 is 26.7. The van der Waals surface area contributed by atoms with Crippen LogP contribution in [0.4, 0.5) is 8.78 Å². The Balaban J connectivity index is 3.47. The summed E-state index contributed by atoms with van der Waals surface area (Å²) in [6.45, 7) is 9.22. The van der Waals surface area contributed by atoms with Crippen molar-refractivity contribution in [3.05, 3.63) is 39.0 Å². The molecule has 0 N–H and O–H groups in total.